The SMILES string of the molecule is NC(=O)c1ccccc1NC(=O)c1cccc(S(=O)(=O)Nc2ccccc2)c1. The Morgan fingerprint density at radius 1 is 0.821 bits per heavy atom. The standard InChI is InChI=1S/C20H17N3O4S/c21-19(24)17-11-4-5-12-18(17)22-20(25)14-7-6-10-16(13-14)28(26,27)23-15-8-2-1-3-9-15/h1-13,23H,(H2,21,24)(H,22,25). The molecular formula is C20H17N3O4S. The number of anilines is 2. The first-order valence-electron chi connectivity index (χ1n) is 8.25. The van der Waals surface area contributed by atoms with E-state index in [1.807, 2.05) is 0 Å². The van der Waals surface area contributed by atoms with Gasteiger partial charge in [0.15, 0.2) is 0 Å². The summed E-state index contributed by atoms with van der Waals surface area (Å²) in [5.41, 5.74) is 6.24. The van der Waals surface area contributed by atoms with E-state index in [1.165, 1.54) is 36.4 Å². The second kappa shape index (κ2) is 7.93. The smallest absolute Gasteiger partial charge is 0.261 e. The number of sulfonamides is 1. The fourth-order valence-electron chi connectivity index (χ4n) is 2.53. The van der Waals surface area contributed by atoms with E-state index in [-0.39, 0.29) is 21.7 Å². The Balaban J connectivity index is 1.85. The van der Waals surface area contributed by atoms with Gasteiger partial charge in [-0.25, -0.2) is 8.42 Å². The van der Waals surface area contributed by atoms with E-state index in [1.54, 1.807) is 42.5 Å². The fraction of sp³-hybridized carbons (Fsp3) is 0. The Bertz CT molecular complexity index is 1130. The summed E-state index contributed by atoms with van der Waals surface area (Å²) in [5.74, 6) is -1.25. The summed E-state index contributed by atoms with van der Waals surface area (Å²) in [5, 5.41) is 2.58. The van der Waals surface area contributed by atoms with Crippen LogP contribution >= 0.6 is 0 Å². The third kappa shape index (κ3) is 4.36. The number of hydrogen-bond donors (Lipinski definition) is 3. The number of benzene rings is 3. The molecule has 0 aliphatic rings. The lowest BCUT2D eigenvalue weighted by atomic mass is 10.1. The minimum atomic E-state index is -3.87. The molecule has 0 aliphatic heterocycles. The molecule has 7 nitrogen and oxygen atoms in total. The molecule has 0 aromatic heterocycles. The van der Waals surface area contributed by atoms with Gasteiger partial charge in [-0.2, -0.15) is 0 Å². The van der Waals surface area contributed by atoms with Gasteiger partial charge < -0.3 is 11.1 Å². The zero-order chi connectivity index (χ0) is 20.1. The van der Waals surface area contributed by atoms with Crippen LogP contribution in [0.4, 0.5) is 11.4 Å². The van der Waals surface area contributed by atoms with E-state index in [0.29, 0.717) is 5.69 Å². The molecule has 0 radical (unpaired) electrons. The number of rotatable bonds is 6. The van der Waals surface area contributed by atoms with Crippen molar-refractivity contribution in [2.45, 2.75) is 4.90 Å². The van der Waals surface area contributed by atoms with Gasteiger partial charge in [-0.15, -0.1) is 0 Å². The summed E-state index contributed by atoms with van der Waals surface area (Å²) < 4.78 is 27.6. The average molecular weight is 395 g/mol. The Morgan fingerprint density at radius 2 is 1.50 bits per heavy atom. The highest BCUT2D eigenvalue weighted by Gasteiger charge is 2.17. The zero-order valence-corrected chi connectivity index (χ0v) is 15.4. The molecule has 0 heterocycles. The van der Waals surface area contributed by atoms with Crippen molar-refractivity contribution in [2.75, 3.05) is 10.0 Å². The molecule has 0 bridgehead atoms. The number of primary amides is 1. The van der Waals surface area contributed by atoms with Gasteiger partial charge in [0, 0.05) is 11.3 Å². The van der Waals surface area contributed by atoms with E-state index in [0.717, 1.165) is 0 Å². The first-order chi connectivity index (χ1) is 13.4. The first kappa shape index (κ1) is 19.1. The molecular weight excluding hydrogens is 378 g/mol. The molecule has 0 aliphatic carbocycles. The maximum atomic E-state index is 12.6. The molecule has 3 aromatic carbocycles. The Kier molecular flexibility index (Phi) is 5.42. The van der Waals surface area contributed by atoms with Crippen LogP contribution in [0.25, 0.3) is 0 Å². The second-order valence-corrected chi connectivity index (χ2v) is 7.55. The van der Waals surface area contributed by atoms with E-state index in [4.69, 9.17) is 5.73 Å². The van der Waals surface area contributed by atoms with E-state index < -0.39 is 21.8 Å². The second-order valence-electron chi connectivity index (χ2n) is 5.86. The van der Waals surface area contributed by atoms with Crippen LogP contribution in [-0.4, -0.2) is 20.2 Å². The van der Waals surface area contributed by atoms with Crippen molar-refractivity contribution in [3.05, 3.63) is 90.0 Å². The summed E-state index contributed by atoms with van der Waals surface area (Å²) in [6.07, 6.45) is 0. The van der Waals surface area contributed by atoms with Gasteiger partial charge in [0.25, 0.3) is 21.8 Å². The van der Waals surface area contributed by atoms with Crippen molar-refractivity contribution in [3.8, 4) is 0 Å². The highest BCUT2D eigenvalue weighted by atomic mass is 32.2. The van der Waals surface area contributed by atoms with Gasteiger partial charge in [0.05, 0.1) is 16.1 Å². The lowest BCUT2D eigenvalue weighted by Crippen LogP contribution is -2.19. The molecule has 3 rings (SSSR count). The quantitative estimate of drug-likeness (QED) is 0.595. The van der Waals surface area contributed by atoms with Crippen LogP contribution in [0.1, 0.15) is 20.7 Å². The van der Waals surface area contributed by atoms with Gasteiger partial charge in [-0.05, 0) is 42.5 Å². The number of para-hydroxylation sites is 2. The molecule has 4 N–H and O–H groups in total. The molecule has 28 heavy (non-hydrogen) atoms. The molecule has 8 heteroatoms. The van der Waals surface area contributed by atoms with Crippen molar-refractivity contribution in [1.82, 2.24) is 0 Å². The average Bonchev–Trinajstić information content (AvgIpc) is 2.69. The van der Waals surface area contributed by atoms with Crippen LogP contribution in [0.3, 0.4) is 0 Å². The van der Waals surface area contributed by atoms with Crippen molar-refractivity contribution in [2.24, 2.45) is 5.73 Å². The summed E-state index contributed by atoms with van der Waals surface area (Å²) in [4.78, 5) is 24.0. The van der Waals surface area contributed by atoms with Gasteiger partial charge in [0.1, 0.15) is 0 Å². The first-order valence-corrected chi connectivity index (χ1v) is 9.73. The van der Waals surface area contributed by atoms with E-state index >= 15 is 0 Å². The summed E-state index contributed by atoms with van der Waals surface area (Å²) >= 11 is 0. The zero-order valence-electron chi connectivity index (χ0n) is 14.6. The Hall–Kier alpha value is -3.65. The predicted octanol–water partition coefficient (Wildman–Crippen LogP) is 2.84. The Labute approximate surface area is 162 Å². The normalized spacial score (nSPS) is 10.9. The van der Waals surface area contributed by atoms with Crippen LogP contribution < -0.4 is 15.8 Å². The molecule has 0 unspecified atom stereocenters. The van der Waals surface area contributed by atoms with Crippen LogP contribution in [0.15, 0.2) is 83.8 Å². The highest BCUT2D eigenvalue weighted by molar-refractivity contribution is 7.92. The van der Waals surface area contributed by atoms with Crippen LogP contribution in [0.5, 0.6) is 0 Å². The van der Waals surface area contributed by atoms with Crippen LogP contribution in [0, 0.1) is 0 Å². The number of nitrogens with two attached hydrogens (primary N) is 1. The third-order valence-electron chi connectivity index (χ3n) is 3.87. The third-order valence-corrected chi connectivity index (χ3v) is 5.25. The van der Waals surface area contributed by atoms with Crippen LogP contribution in [-0.2, 0) is 10.0 Å². The lowest BCUT2D eigenvalue weighted by molar-refractivity contribution is 0.100. The molecule has 0 saturated carbocycles. The number of carbonyl (C=O) groups excluding carboxylic acids is 2. The van der Waals surface area contributed by atoms with Crippen molar-refractivity contribution in [3.63, 3.8) is 0 Å². The molecule has 0 fully saturated rings. The minimum absolute atomic E-state index is 0.0628. The van der Waals surface area contributed by atoms with Crippen molar-refractivity contribution >= 4 is 33.2 Å². The molecule has 0 spiro atoms. The Morgan fingerprint density at radius 3 is 2.21 bits per heavy atom. The van der Waals surface area contributed by atoms with Gasteiger partial charge in [0.2, 0.25) is 0 Å². The predicted molar refractivity (Wildman–Crippen MR) is 107 cm³/mol. The summed E-state index contributed by atoms with van der Waals surface area (Å²) in [7, 11) is -3.87. The van der Waals surface area contributed by atoms with Crippen molar-refractivity contribution < 1.29 is 18.0 Å². The summed E-state index contributed by atoms with van der Waals surface area (Å²) in [6, 6.07) is 20.3. The number of carbonyl (C=O) groups is 2. The van der Waals surface area contributed by atoms with E-state index in [9.17, 15) is 18.0 Å². The molecule has 142 valence electrons. The maximum absolute atomic E-state index is 12.6. The summed E-state index contributed by atoms with van der Waals surface area (Å²) in [6.45, 7) is 0. The topological polar surface area (TPSA) is 118 Å². The van der Waals surface area contributed by atoms with Crippen LogP contribution in [0.2, 0.25) is 0 Å². The van der Waals surface area contributed by atoms with Gasteiger partial charge in [-0.1, -0.05) is 36.4 Å². The molecule has 0 atom stereocenters. The highest BCUT2D eigenvalue weighted by Crippen LogP contribution is 2.19. The lowest BCUT2D eigenvalue weighted by Gasteiger charge is -2.11. The van der Waals surface area contributed by atoms with Gasteiger partial charge >= 0.3 is 0 Å². The van der Waals surface area contributed by atoms with Gasteiger partial charge in [-0.3, -0.25) is 14.3 Å². The monoisotopic (exact) mass is 395 g/mol. The van der Waals surface area contributed by atoms with Crippen molar-refractivity contribution in [1.29, 1.82) is 0 Å². The molecule has 0 saturated heterocycles. The number of amides is 2. The molecule has 3 aromatic rings. The number of hydrogen-bond acceptors (Lipinski definition) is 4. The minimum Gasteiger partial charge on any atom is -0.366 e. The van der Waals surface area contributed by atoms with E-state index in [2.05, 4.69) is 10.0 Å². The largest absolute Gasteiger partial charge is 0.366 e. The molecule has 2 amide bonds. The fourth-order valence-corrected chi connectivity index (χ4v) is 3.63. The number of nitrogens with one attached hydrogen (secondary N) is 2. The maximum Gasteiger partial charge on any atom is 0.261 e.